The van der Waals surface area contributed by atoms with Gasteiger partial charge < -0.3 is 14.8 Å². The van der Waals surface area contributed by atoms with Gasteiger partial charge in [-0.3, -0.25) is 0 Å². The predicted molar refractivity (Wildman–Crippen MR) is 185 cm³/mol. The average Bonchev–Trinajstić information content (AvgIpc) is 3.80. The Hall–Kier alpha value is -4.98. The topological polar surface area (TPSA) is 81.0 Å². The fourth-order valence-electron chi connectivity index (χ4n) is 6.95. The van der Waals surface area contributed by atoms with Crippen LogP contribution in [0.4, 0.5) is 11.6 Å². The third-order valence-electron chi connectivity index (χ3n) is 9.36. The van der Waals surface area contributed by atoms with Crippen LogP contribution in [-0.4, -0.2) is 21.6 Å². The predicted octanol–water partition coefficient (Wildman–Crippen LogP) is 8.45. The number of aromatic nitrogens is 2. The molecule has 234 valence electrons. The van der Waals surface area contributed by atoms with E-state index < -0.39 is 0 Å². The first kappa shape index (κ1) is 29.4. The molecular weight excluding hydrogens is 582 g/mol. The van der Waals surface area contributed by atoms with E-state index in [1.165, 1.54) is 27.8 Å². The van der Waals surface area contributed by atoms with Gasteiger partial charge in [-0.15, -0.1) is 0 Å². The lowest BCUT2D eigenvalue weighted by Gasteiger charge is -2.15. The van der Waals surface area contributed by atoms with Crippen LogP contribution in [0.1, 0.15) is 80.9 Å². The Morgan fingerprint density at radius 2 is 1.23 bits per heavy atom. The summed E-state index contributed by atoms with van der Waals surface area (Å²) in [5, 5.41) is 3.53. The smallest absolute Gasteiger partial charge is 0.164 e. The zero-order valence-corrected chi connectivity index (χ0v) is 26.7. The van der Waals surface area contributed by atoms with Crippen molar-refractivity contribution in [1.29, 1.82) is 0 Å². The summed E-state index contributed by atoms with van der Waals surface area (Å²) in [7, 11) is 0. The number of nitrogens with one attached hydrogen (secondary N) is 1. The number of nitrogens with zero attached hydrogens (tertiary/aromatic N) is 4. The Kier molecular flexibility index (Phi) is 7.93. The van der Waals surface area contributed by atoms with Crippen LogP contribution in [0.25, 0.3) is 0 Å². The fourth-order valence-corrected chi connectivity index (χ4v) is 6.95. The SMILES string of the molecule is Cc1cc(N=C2N=C(Nc3cc(C)c4c(n3)[C@@H](OCc3ccccc3)CC4)c3ccccc32)nc2c1CC[C@@H]2OCc1ccccc1. The normalized spacial score (nSPS) is 18.6. The maximum Gasteiger partial charge on any atom is 0.164 e. The minimum absolute atomic E-state index is 0.0322. The van der Waals surface area contributed by atoms with Crippen molar-refractivity contribution in [3.05, 3.63) is 153 Å². The highest BCUT2D eigenvalue weighted by molar-refractivity contribution is 6.26. The van der Waals surface area contributed by atoms with E-state index in [9.17, 15) is 0 Å². The van der Waals surface area contributed by atoms with E-state index in [1.54, 1.807) is 0 Å². The number of pyridine rings is 2. The highest BCUT2D eigenvalue weighted by Crippen LogP contribution is 2.38. The van der Waals surface area contributed by atoms with Crippen molar-refractivity contribution in [3.8, 4) is 0 Å². The number of hydrogen-bond acceptors (Lipinski definition) is 6. The molecule has 8 rings (SSSR count). The lowest BCUT2D eigenvalue weighted by atomic mass is 10.1. The van der Waals surface area contributed by atoms with Gasteiger partial charge in [0.15, 0.2) is 11.7 Å². The van der Waals surface area contributed by atoms with Crippen LogP contribution in [0.15, 0.2) is 107 Å². The molecule has 3 heterocycles. The molecular formula is C40H37N5O2. The summed E-state index contributed by atoms with van der Waals surface area (Å²) in [6.45, 7) is 5.43. The van der Waals surface area contributed by atoms with Crippen molar-refractivity contribution >= 4 is 23.3 Å². The number of benzene rings is 3. The number of amidine groups is 2. The largest absolute Gasteiger partial charge is 0.367 e. The van der Waals surface area contributed by atoms with E-state index in [0.29, 0.717) is 24.9 Å². The molecule has 0 fully saturated rings. The molecule has 7 nitrogen and oxygen atoms in total. The van der Waals surface area contributed by atoms with Crippen molar-refractivity contribution in [2.75, 3.05) is 5.32 Å². The molecule has 0 saturated heterocycles. The Morgan fingerprint density at radius 3 is 1.87 bits per heavy atom. The summed E-state index contributed by atoms with van der Waals surface area (Å²) < 4.78 is 12.7. The molecule has 2 atom stereocenters. The minimum Gasteiger partial charge on any atom is -0.367 e. The molecule has 1 N–H and O–H groups in total. The van der Waals surface area contributed by atoms with Gasteiger partial charge in [0.1, 0.15) is 23.9 Å². The molecule has 1 aliphatic heterocycles. The van der Waals surface area contributed by atoms with Crippen LogP contribution in [-0.2, 0) is 35.5 Å². The summed E-state index contributed by atoms with van der Waals surface area (Å²) in [5.74, 6) is 2.77. The minimum atomic E-state index is -0.0460. The molecule has 3 aliphatic rings. The summed E-state index contributed by atoms with van der Waals surface area (Å²) in [6.07, 6.45) is 3.72. The summed E-state index contributed by atoms with van der Waals surface area (Å²) in [4.78, 5) is 20.1. The zero-order chi connectivity index (χ0) is 31.7. The van der Waals surface area contributed by atoms with E-state index in [4.69, 9.17) is 29.4 Å². The van der Waals surface area contributed by atoms with Gasteiger partial charge in [-0.25, -0.2) is 20.0 Å². The van der Waals surface area contributed by atoms with E-state index >= 15 is 0 Å². The van der Waals surface area contributed by atoms with E-state index in [2.05, 4.69) is 67.7 Å². The van der Waals surface area contributed by atoms with Crippen LogP contribution < -0.4 is 5.32 Å². The first-order valence-electron chi connectivity index (χ1n) is 16.4. The molecule has 2 aromatic heterocycles. The third kappa shape index (κ3) is 6.00. The van der Waals surface area contributed by atoms with Crippen LogP contribution in [0.2, 0.25) is 0 Å². The number of fused-ring (bicyclic) bond motifs is 3. The van der Waals surface area contributed by atoms with Crippen molar-refractivity contribution in [2.24, 2.45) is 9.98 Å². The lowest BCUT2D eigenvalue weighted by molar-refractivity contribution is 0.0386. The van der Waals surface area contributed by atoms with Gasteiger partial charge in [-0.05, 0) is 85.0 Å². The van der Waals surface area contributed by atoms with Crippen LogP contribution >= 0.6 is 0 Å². The Balaban J connectivity index is 1.05. The maximum atomic E-state index is 6.37. The highest BCUT2D eigenvalue weighted by atomic mass is 16.5. The number of aliphatic imine (C=N–C) groups is 2. The Labute approximate surface area is 275 Å². The Morgan fingerprint density at radius 1 is 0.681 bits per heavy atom. The standard InChI is InChI=1S/C40H37N5O2/c1-25-21-35(41-37-29(25)17-19-33(37)46-23-27-11-5-3-6-12-27)43-39-31-15-9-10-16-32(31)40(45-39)44-36-22-26(2)30-18-20-34(38(30)42-36)47-24-28-13-7-4-8-14-28/h3-16,21-22,33-34H,17-20,23-24H2,1-2H3,(H,41,42,43,44,45)/t33-,34-/m0/s1. The molecule has 2 aliphatic carbocycles. The molecule has 0 saturated carbocycles. The van der Waals surface area contributed by atoms with Gasteiger partial charge >= 0.3 is 0 Å². The number of anilines is 1. The third-order valence-corrected chi connectivity index (χ3v) is 9.36. The Bertz CT molecular complexity index is 2010. The second-order valence-corrected chi connectivity index (χ2v) is 12.6. The quantitative estimate of drug-likeness (QED) is 0.189. The van der Waals surface area contributed by atoms with Gasteiger partial charge in [-0.1, -0.05) is 84.9 Å². The van der Waals surface area contributed by atoms with Crippen molar-refractivity contribution in [2.45, 2.75) is 65.0 Å². The van der Waals surface area contributed by atoms with E-state index in [0.717, 1.165) is 65.4 Å². The monoisotopic (exact) mass is 619 g/mol. The molecule has 0 bridgehead atoms. The van der Waals surface area contributed by atoms with Gasteiger partial charge in [0.05, 0.1) is 24.6 Å². The number of aryl methyl sites for hydroxylation is 2. The molecule has 0 unspecified atom stereocenters. The molecule has 7 heteroatoms. The van der Waals surface area contributed by atoms with Crippen molar-refractivity contribution in [3.63, 3.8) is 0 Å². The first-order chi connectivity index (χ1) is 23.1. The molecule has 5 aromatic rings. The van der Waals surface area contributed by atoms with Crippen LogP contribution in [0.5, 0.6) is 0 Å². The summed E-state index contributed by atoms with van der Waals surface area (Å²) in [5.41, 5.74) is 11.3. The molecule has 3 aromatic carbocycles. The number of hydrogen-bond donors (Lipinski definition) is 1. The van der Waals surface area contributed by atoms with E-state index in [1.807, 2.05) is 48.5 Å². The molecule has 47 heavy (non-hydrogen) atoms. The highest BCUT2D eigenvalue weighted by Gasteiger charge is 2.30. The van der Waals surface area contributed by atoms with E-state index in [-0.39, 0.29) is 12.2 Å². The number of ether oxygens (including phenoxy) is 2. The summed E-state index contributed by atoms with van der Waals surface area (Å²) in [6, 6.07) is 33.0. The second kappa shape index (κ2) is 12.7. The van der Waals surface area contributed by atoms with Gasteiger partial charge in [0.2, 0.25) is 0 Å². The lowest BCUT2D eigenvalue weighted by Crippen LogP contribution is -2.14. The summed E-state index contributed by atoms with van der Waals surface area (Å²) >= 11 is 0. The fraction of sp³-hybridized carbons (Fsp3) is 0.250. The number of rotatable bonds is 8. The van der Waals surface area contributed by atoms with Crippen molar-refractivity contribution < 1.29 is 9.47 Å². The first-order valence-corrected chi connectivity index (χ1v) is 16.4. The van der Waals surface area contributed by atoms with Gasteiger partial charge in [0.25, 0.3) is 0 Å². The molecule has 0 radical (unpaired) electrons. The van der Waals surface area contributed by atoms with Gasteiger partial charge in [0, 0.05) is 11.1 Å². The average molecular weight is 620 g/mol. The zero-order valence-electron chi connectivity index (χ0n) is 26.7. The van der Waals surface area contributed by atoms with Crippen molar-refractivity contribution in [1.82, 2.24) is 9.97 Å². The molecule has 0 amide bonds. The van der Waals surface area contributed by atoms with Crippen LogP contribution in [0, 0.1) is 13.8 Å². The van der Waals surface area contributed by atoms with Gasteiger partial charge in [-0.2, -0.15) is 0 Å². The molecule has 0 spiro atoms. The van der Waals surface area contributed by atoms with Crippen LogP contribution in [0.3, 0.4) is 0 Å². The maximum absolute atomic E-state index is 6.37. The second-order valence-electron chi connectivity index (χ2n) is 12.6.